The van der Waals surface area contributed by atoms with Gasteiger partial charge in [-0.2, -0.15) is 0 Å². The van der Waals surface area contributed by atoms with E-state index in [-0.39, 0.29) is 6.42 Å². The summed E-state index contributed by atoms with van der Waals surface area (Å²) in [4.78, 5) is 0. The van der Waals surface area contributed by atoms with Gasteiger partial charge in [-0.3, -0.25) is 0 Å². The summed E-state index contributed by atoms with van der Waals surface area (Å²) >= 11 is 0. The molecule has 0 radical (unpaired) electrons. The first-order valence-corrected chi connectivity index (χ1v) is 5.70. The maximum atomic E-state index is 13.5. The molecule has 0 bridgehead atoms. The molecule has 1 unspecified atom stereocenters. The van der Waals surface area contributed by atoms with Gasteiger partial charge < -0.3 is 5.32 Å². The molecule has 102 valence electrons. The van der Waals surface area contributed by atoms with Crippen molar-refractivity contribution in [3.63, 3.8) is 0 Å². The lowest BCUT2D eigenvalue weighted by Gasteiger charge is -2.19. The predicted molar refractivity (Wildman–Crippen MR) is 57.6 cm³/mol. The van der Waals surface area contributed by atoms with Crippen LogP contribution < -0.4 is 5.32 Å². The van der Waals surface area contributed by atoms with E-state index in [1.165, 1.54) is 0 Å². The van der Waals surface area contributed by atoms with Gasteiger partial charge in [0.2, 0.25) is 5.82 Å². The van der Waals surface area contributed by atoms with Crippen LogP contribution >= 0.6 is 0 Å². The second-order valence-corrected chi connectivity index (χ2v) is 3.88. The smallest absolute Gasteiger partial charge is 0.200 e. The molecule has 1 atom stereocenters. The fourth-order valence-electron chi connectivity index (χ4n) is 1.81. The molecule has 0 saturated heterocycles. The van der Waals surface area contributed by atoms with E-state index in [4.69, 9.17) is 0 Å². The maximum Gasteiger partial charge on any atom is 0.200 e. The zero-order valence-electron chi connectivity index (χ0n) is 10.1. The van der Waals surface area contributed by atoms with Crippen molar-refractivity contribution < 1.29 is 22.0 Å². The van der Waals surface area contributed by atoms with Crippen LogP contribution in [0.1, 0.15) is 38.3 Å². The van der Waals surface area contributed by atoms with Crippen molar-refractivity contribution in [3.05, 3.63) is 34.6 Å². The summed E-state index contributed by atoms with van der Waals surface area (Å²) in [5, 5.41) is 2.72. The molecule has 1 aromatic carbocycles. The van der Waals surface area contributed by atoms with Gasteiger partial charge in [0.1, 0.15) is 0 Å². The monoisotopic (exact) mass is 267 g/mol. The van der Waals surface area contributed by atoms with Crippen molar-refractivity contribution >= 4 is 0 Å². The highest BCUT2D eigenvalue weighted by atomic mass is 19.2. The van der Waals surface area contributed by atoms with Gasteiger partial charge in [0.25, 0.3) is 0 Å². The second-order valence-electron chi connectivity index (χ2n) is 3.88. The van der Waals surface area contributed by atoms with Crippen molar-refractivity contribution in [1.29, 1.82) is 0 Å². The number of hydrogen-bond acceptors (Lipinski definition) is 1. The second kappa shape index (κ2) is 6.13. The molecule has 0 spiro atoms. The fraction of sp³-hybridized carbons (Fsp3) is 0.500. The van der Waals surface area contributed by atoms with Crippen LogP contribution in [-0.2, 0) is 0 Å². The van der Waals surface area contributed by atoms with Crippen LogP contribution in [0.5, 0.6) is 0 Å². The minimum Gasteiger partial charge on any atom is -0.310 e. The molecule has 0 aliphatic heterocycles. The van der Waals surface area contributed by atoms with Gasteiger partial charge in [-0.25, -0.2) is 22.0 Å². The van der Waals surface area contributed by atoms with Gasteiger partial charge in [-0.1, -0.05) is 20.3 Å². The van der Waals surface area contributed by atoms with E-state index < -0.39 is 40.7 Å². The fourth-order valence-corrected chi connectivity index (χ4v) is 1.81. The average Bonchev–Trinajstić information content (AvgIpc) is 2.35. The first-order valence-electron chi connectivity index (χ1n) is 5.70. The van der Waals surface area contributed by atoms with E-state index in [1.807, 2.05) is 0 Å². The van der Waals surface area contributed by atoms with Crippen LogP contribution in [0.15, 0.2) is 0 Å². The molecule has 0 amide bonds. The summed E-state index contributed by atoms with van der Waals surface area (Å²) in [7, 11) is 0. The van der Waals surface area contributed by atoms with E-state index >= 15 is 0 Å². The molecule has 0 saturated carbocycles. The number of nitrogens with one attached hydrogen (secondary N) is 1. The SMILES string of the molecule is CCCC(NCC)c1c(F)c(F)c(F)c(F)c1F. The third kappa shape index (κ3) is 2.63. The number of halogens is 5. The predicted octanol–water partition coefficient (Wildman–Crippen LogP) is 3.83. The molecule has 1 rings (SSSR count). The van der Waals surface area contributed by atoms with Gasteiger partial charge in [-0.05, 0) is 13.0 Å². The summed E-state index contributed by atoms with van der Waals surface area (Å²) in [5.41, 5.74) is -0.782. The molecule has 1 N–H and O–H groups in total. The average molecular weight is 267 g/mol. The molecule has 1 aromatic rings. The normalized spacial score (nSPS) is 12.8. The number of hydrogen-bond donors (Lipinski definition) is 1. The Morgan fingerprint density at radius 3 is 1.67 bits per heavy atom. The topological polar surface area (TPSA) is 12.0 Å². The van der Waals surface area contributed by atoms with Gasteiger partial charge in [-0.15, -0.1) is 0 Å². The summed E-state index contributed by atoms with van der Waals surface area (Å²) in [6, 6.07) is -0.885. The van der Waals surface area contributed by atoms with E-state index in [1.54, 1.807) is 13.8 Å². The summed E-state index contributed by atoms with van der Waals surface area (Å²) in [6.45, 7) is 3.81. The molecule has 0 aliphatic carbocycles. The molecule has 0 fully saturated rings. The van der Waals surface area contributed by atoms with Crippen LogP contribution in [-0.4, -0.2) is 6.54 Å². The van der Waals surface area contributed by atoms with Gasteiger partial charge in [0, 0.05) is 11.6 Å². The maximum absolute atomic E-state index is 13.5. The molecule has 18 heavy (non-hydrogen) atoms. The van der Waals surface area contributed by atoms with Gasteiger partial charge in [0.05, 0.1) is 0 Å². The highest BCUT2D eigenvalue weighted by Crippen LogP contribution is 2.29. The first kappa shape index (κ1) is 14.9. The lowest BCUT2D eigenvalue weighted by molar-refractivity contribution is 0.352. The minimum atomic E-state index is -2.12. The largest absolute Gasteiger partial charge is 0.310 e. The highest BCUT2D eigenvalue weighted by molar-refractivity contribution is 5.27. The van der Waals surface area contributed by atoms with E-state index in [9.17, 15) is 22.0 Å². The van der Waals surface area contributed by atoms with Crippen LogP contribution in [0, 0.1) is 29.1 Å². The Morgan fingerprint density at radius 1 is 0.833 bits per heavy atom. The molecule has 6 heteroatoms. The molecule has 1 nitrogen and oxygen atoms in total. The lowest BCUT2D eigenvalue weighted by atomic mass is 10.00. The first-order chi connectivity index (χ1) is 8.45. The zero-order chi connectivity index (χ0) is 13.9. The van der Waals surface area contributed by atoms with Crippen LogP contribution in [0.25, 0.3) is 0 Å². The third-order valence-corrected chi connectivity index (χ3v) is 2.62. The van der Waals surface area contributed by atoms with E-state index in [0.29, 0.717) is 13.0 Å². The van der Waals surface area contributed by atoms with Crippen molar-refractivity contribution in [2.24, 2.45) is 0 Å². The lowest BCUT2D eigenvalue weighted by Crippen LogP contribution is -2.24. The van der Waals surface area contributed by atoms with Gasteiger partial charge >= 0.3 is 0 Å². The number of rotatable bonds is 5. The van der Waals surface area contributed by atoms with Crippen molar-refractivity contribution in [3.8, 4) is 0 Å². The summed E-state index contributed by atoms with van der Waals surface area (Å²) in [5.74, 6) is -9.44. The van der Waals surface area contributed by atoms with Crippen LogP contribution in [0.4, 0.5) is 22.0 Å². The van der Waals surface area contributed by atoms with Crippen molar-refractivity contribution in [1.82, 2.24) is 5.32 Å². The molecule has 0 heterocycles. The zero-order valence-corrected chi connectivity index (χ0v) is 10.1. The Balaban J connectivity index is 3.37. The Hall–Kier alpha value is -1.17. The summed E-state index contributed by atoms with van der Waals surface area (Å²) in [6.07, 6.45) is 0.837. The number of benzene rings is 1. The quantitative estimate of drug-likeness (QED) is 0.485. The molecule has 0 aliphatic rings. The molecule has 0 aromatic heterocycles. The Morgan fingerprint density at radius 2 is 1.28 bits per heavy atom. The van der Waals surface area contributed by atoms with Crippen molar-refractivity contribution in [2.45, 2.75) is 32.7 Å². The minimum absolute atomic E-state index is 0.284. The summed E-state index contributed by atoms with van der Waals surface area (Å²) < 4.78 is 66.1. The molecular formula is C12H14F5N. The Labute approximate surface area is 102 Å². The van der Waals surface area contributed by atoms with Crippen molar-refractivity contribution in [2.75, 3.05) is 6.54 Å². The van der Waals surface area contributed by atoms with Crippen LogP contribution in [0.3, 0.4) is 0 Å². The standard InChI is InChI=1S/C12H14F5N/c1-3-5-6(18-4-2)7-8(13)10(15)12(17)11(16)9(7)14/h6,18H,3-5H2,1-2H3. The van der Waals surface area contributed by atoms with E-state index in [2.05, 4.69) is 5.32 Å². The van der Waals surface area contributed by atoms with E-state index in [0.717, 1.165) is 0 Å². The third-order valence-electron chi connectivity index (χ3n) is 2.62. The highest BCUT2D eigenvalue weighted by Gasteiger charge is 2.29. The van der Waals surface area contributed by atoms with Gasteiger partial charge in [0.15, 0.2) is 23.3 Å². The molecular weight excluding hydrogens is 253 g/mol. The van der Waals surface area contributed by atoms with Crippen LogP contribution in [0.2, 0.25) is 0 Å². The Bertz CT molecular complexity index is 398. The Kier molecular flexibility index (Phi) is 5.07.